The monoisotopic (exact) mass is 334 g/mol. The molecule has 0 saturated heterocycles. The lowest BCUT2D eigenvalue weighted by Crippen LogP contribution is -2.09. The van der Waals surface area contributed by atoms with E-state index in [-0.39, 0.29) is 5.92 Å². The lowest BCUT2D eigenvalue weighted by atomic mass is 9.86. The van der Waals surface area contributed by atoms with Crippen LogP contribution in [0, 0.1) is 0 Å². The molecule has 0 atom stereocenters. The summed E-state index contributed by atoms with van der Waals surface area (Å²) >= 11 is 0. The summed E-state index contributed by atoms with van der Waals surface area (Å²) in [6.45, 7) is 9.01. The molecule has 0 spiro atoms. The largest absolute Gasteiger partial charge is 0.364 e. The van der Waals surface area contributed by atoms with E-state index < -0.39 is 0 Å². The number of benzene rings is 1. The summed E-state index contributed by atoms with van der Waals surface area (Å²) in [7, 11) is 0. The molecule has 132 valence electrons. The molecule has 2 N–H and O–H groups in total. The SMILES string of the molecule is CCc1c[nH]c(C(c2ccccc2)c2[nH]cc(CC)c2CC)c1CC. The van der Waals surface area contributed by atoms with Crippen LogP contribution in [0.25, 0.3) is 0 Å². The summed E-state index contributed by atoms with van der Waals surface area (Å²) in [4.78, 5) is 7.26. The maximum absolute atomic E-state index is 3.63. The van der Waals surface area contributed by atoms with E-state index in [0.717, 1.165) is 25.7 Å². The van der Waals surface area contributed by atoms with Crippen LogP contribution in [0.2, 0.25) is 0 Å². The van der Waals surface area contributed by atoms with E-state index in [0.29, 0.717) is 0 Å². The second kappa shape index (κ2) is 7.77. The molecule has 0 aliphatic heterocycles. The van der Waals surface area contributed by atoms with Crippen LogP contribution in [-0.2, 0) is 25.7 Å². The molecule has 25 heavy (non-hydrogen) atoms. The minimum atomic E-state index is 0.242. The van der Waals surface area contributed by atoms with E-state index >= 15 is 0 Å². The first-order chi connectivity index (χ1) is 12.2. The van der Waals surface area contributed by atoms with Crippen LogP contribution in [0.15, 0.2) is 42.7 Å². The number of hydrogen-bond acceptors (Lipinski definition) is 0. The molecular weight excluding hydrogens is 304 g/mol. The molecular formula is C23H30N2. The fourth-order valence-corrected chi connectivity index (χ4v) is 4.13. The van der Waals surface area contributed by atoms with E-state index in [1.54, 1.807) is 0 Å². The van der Waals surface area contributed by atoms with Crippen molar-refractivity contribution in [2.75, 3.05) is 0 Å². The lowest BCUT2D eigenvalue weighted by molar-refractivity contribution is 0.852. The summed E-state index contributed by atoms with van der Waals surface area (Å²) in [5.74, 6) is 0.242. The summed E-state index contributed by atoms with van der Waals surface area (Å²) in [6, 6.07) is 10.9. The molecule has 2 heterocycles. The Kier molecular flexibility index (Phi) is 5.47. The van der Waals surface area contributed by atoms with Crippen molar-refractivity contribution in [1.29, 1.82) is 0 Å². The van der Waals surface area contributed by atoms with Gasteiger partial charge in [-0.15, -0.1) is 0 Å². The molecule has 0 amide bonds. The molecule has 0 aliphatic carbocycles. The van der Waals surface area contributed by atoms with Gasteiger partial charge >= 0.3 is 0 Å². The van der Waals surface area contributed by atoms with Gasteiger partial charge in [-0.2, -0.15) is 0 Å². The number of aromatic amines is 2. The summed E-state index contributed by atoms with van der Waals surface area (Å²) < 4.78 is 0. The van der Waals surface area contributed by atoms with Gasteiger partial charge in [-0.05, 0) is 53.5 Å². The van der Waals surface area contributed by atoms with E-state index in [4.69, 9.17) is 0 Å². The van der Waals surface area contributed by atoms with Gasteiger partial charge < -0.3 is 9.97 Å². The fourth-order valence-electron chi connectivity index (χ4n) is 4.13. The molecule has 0 bridgehead atoms. The molecule has 2 aromatic heterocycles. The third-order valence-corrected chi connectivity index (χ3v) is 5.41. The second-order valence-electron chi connectivity index (χ2n) is 6.67. The number of rotatable bonds is 7. The van der Waals surface area contributed by atoms with Crippen LogP contribution < -0.4 is 0 Å². The van der Waals surface area contributed by atoms with Crippen molar-refractivity contribution in [1.82, 2.24) is 9.97 Å². The molecule has 1 aromatic carbocycles. The van der Waals surface area contributed by atoms with Gasteiger partial charge in [-0.3, -0.25) is 0 Å². The Morgan fingerprint density at radius 1 is 0.680 bits per heavy atom. The molecule has 3 aromatic rings. The molecule has 3 rings (SSSR count). The predicted octanol–water partition coefficient (Wildman–Crippen LogP) is 5.77. The Morgan fingerprint density at radius 2 is 1.16 bits per heavy atom. The number of hydrogen-bond donors (Lipinski definition) is 2. The fraction of sp³-hybridized carbons (Fsp3) is 0.391. The standard InChI is InChI=1S/C23H30N2/c1-5-16-14-24-22(19(16)7-3)21(18-12-10-9-11-13-18)23-20(8-4)17(6-2)15-25-23/h9-15,21,24-25H,5-8H2,1-4H3. The average molecular weight is 335 g/mol. The van der Waals surface area contributed by atoms with Crippen LogP contribution in [0.3, 0.4) is 0 Å². The number of aromatic nitrogens is 2. The molecule has 2 heteroatoms. The Labute approximate surface area is 151 Å². The topological polar surface area (TPSA) is 31.6 Å². The Bertz CT molecular complexity index is 758. The first-order valence-corrected chi connectivity index (χ1v) is 9.67. The van der Waals surface area contributed by atoms with Crippen molar-refractivity contribution in [2.45, 2.75) is 59.3 Å². The number of aryl methyl sites for hydroxylation is 2. The van der Waals surface area contributed by atoms with Gasteiger partial charge in [-0.1, -0.05) is 58.0 Å². The van der Waals surface area contributed by atoms with E-state index in [1.807, 2.05) is 0 Å². The van der Waals surface area contributed by atoms with Crippen LogP contribution in [0.4, 0.5) is 0 Å². The maximum Gasteiger partial charge on any atom is 0.0647 e. The molecule has 0 fully saturated rings. The highest BCUT2D eigenvalue weighted by Gasteiger charge is 2.26. The first kappa shape index (κ1) is 17.6. The van der Waals surface area contributed by atoms with Crippen molar-refractivity contribution in [3.05, 3.63) is 81.9 Å². The van der Waals surface area contributed by atoms with E-state index in [2.05, 4.69) is 80.4 Å². The Hall–Kier alpha value is -2.22. The highest BCUT2D eigenvalue weighted by Crippen LogP contribution is 2.37. The molecule has 0 radical (unpaired) electrons. The number of H-pyrrole nitrogens is 2. The summed E-state index contributed by atoms with van der Waals surface area (Å²) in [5, 5.41) is 0. The van der Waals surface area contributed by atoms with Crippen LogP contribution in [0.1, 0.15) is 72.8 Å². The van der Waals surface area contributed by atoms with E-state index in [9.17, 15) is 0 Å². The van der Waals surface area contributed by atoms with Gasteiger partial charge in [0.05, 0.1) is 5.92 Å². The highest BCUT2D eigenvalue weighted by atomic mass is 14.8. The minimum Gasteiger partial charge on any atom is -0.364 e. The van der Waals surface area contributed by atoms with Crippen molar-refractivity contribution >= 4 is 0 Å². The summed E-state index contributed by atoms with van der Waals surface area (Å²) in [5.41, 5.74) is 9.89. The summed E-state index contributed by atoms with van der Waals surface area (Å²) in [6.07, 6.45) is 8.70. The van der Waals surface area contributed by atoms with Crippen LogP contribution in [-0.4, -0.2) is 9.97 Å². The van der Waals surface area contributed by atoms with Gasteiger partial charge in [0, 0.05) is 23.8 Å². The Morgan fingerprint density at radius 3 is 1.56 bits per heavy atom. The highest BCUT2D eigenvalue weighted by molar-refractivity contribution is 5.48. The zero-order chi connectivity index (χ0) is 17.8. The zero-order valence-corrected chi connectivity index (χ0v) is 15.9. The van der Waals surface area contributed by atoms with Gasteiger partial charge in [0.25, 0.3) is 0 Å². The minimum absolute atomic E-state index is 0.242. The Balaban J connectivity index is 2.22. The lowest BCUT2D eigenvalue weighted by Gasteiger charge is -2.20. The molecule has 2 nitrogen and oxygen atoms in total. The number of nitrogens with one attached hydrogen (secondary N) is 2. The van der Waals surface area contributed by atoms with Gasteiger partial charge in [0.2, 0.25) is 0 Å². The van der Waals surface area contributed by atoms with Gasteiger partial charge in [-0.25, -0.2) is 0 Å². The molecule has 0 aliphatic rings. The van der Waals surface area contributed by atoms with Crippen molar-refractivity contribution < 1.29 is 0 Å². The molecule has 0 saturated carbocycles. The van der Waals surface area contributed by atoms with Crippen molar-refractivity contribution in [2.24, 2.45) is 0 Å². The van der Waals surface area contributed by atoms with Crippen molar-refractivity contribution in [3.63, 3.8) is 0 Å². The zero-order valence-electron chi connectivity index (χ0n) is 15.9. The van der Waals surface area contributed by atoms with Gasteiger partial charge in [0.1, 0.15) is 0 Å². The third kappa shape index (κ3) is 3.18. The average Bonchev–Trinajstić information content (AvgIpc) is 3.26. The first-order valence-electron chi connectivity index (χ1n) is 9.67. The van der Waals surface area contributed by atoms with Crippen LogP contribution >= 0.6 is 0 Å². The third-order valence-electron chi connectivity index (χ3n) is 5.41. The predicted molar refractivity (Wildman–Crippen MR) is 106 cm³/mol. The molecule has 0 unspecified atom stereocenters. The van der Waals surface area contributed by atoms with Gasteiger partial charge in [0.15, 0.2) is 0 Å². The second-order valence-corrected chi connectivity index (χ2v) is 6.67. The van der Waals surface area contributed by atoms with Crippen LogP contribution in [0.5, 0.6) is 0 Å². The van der Waals surface area contributed by atoms with E-state index in [1.165, 1.54) is 39.2 Å². The smallest absolute Gasteiger partial charge is 0.0647 e. The normalized spacial score (nSPS) is 11.4. The van der Waals surface area contributed by atoms with Crippen molar-refractivity contribution in [3.8, 4) is 0 Å². The maximum atomic E-state index is 3.63. The quantitative estimate of drug-likeness (QED) is 0.549.